The van der Waals surface area contributed by atoms with E-state index < -0.39 is 0 Å². The van der Waals surface area contributed by atoms with E-state index >= 15 is 0 Å². The molecule has 0 amide bonds. The Morgan fingerprint density at radius 1 is 0.864 bits per heavy atom. The molecule has 4 rings (SSSR count). The van der Waals surface area contributed by atoms with Gasteiger partial charge in [-0.3, -0.25) is 0 Å². The summed E-state index contributed by atoms with van der Waals surface area (Å²) in [4.78, 5) is 0. The van der Waals surface area contributed by atoms with Crippen LogP contribution in [0.4, 0.5) is 0 Å². The highest BCUT2D eigenvalue weighted by atomic mass is 16.5. The van der Waals surface area contributed by atoms with Crippen molar-refractivity contribution in [3.63, 3.8) is 0 Å². The fourth-order valence-electron chi connectivity index (χ4n) is 3.82. The summed E-state index contributed by atoms with van der Waals surface area (Å²) in [5, 5.41) is 3.73. The maximum absolute atomic E-state index is 6.65. The Kier molecular flexibility index (Phi) is 3.96. The first-order valence-electron chi connectivity index (χ1n) is 8.43. The van der Waals surface area contributed by atoms with Crippen LogP contribution < -0.4 is 5.32 Å². The van der Waals surface area contributed by atoms with Gasteiger partial charge in [0, 0.05) is 12.6 Å². The molecule has 114 valence electrons. The Morgan fingerprint density at radius 3 is 2.55 bits per heavy atom. The maximum atomic E-state index is 6.65. The average molecular weight is 293 g/mol. The molecule has 0 spiro atoms. The Labute approximate surface area is 132 Å². The number of ether oxygens (including phenoxy) is 1. The molecule has 0 radical (unpaired) electrons. The summed E-state index contributed by atoms with van der Waals surface area (Å²) in [6.45, 7) is 0.948. The van der Waals surface area contributed by atoms with Crippen LogP contribution in [0.5, 0.6) is 0 Å². The summed E-state index contributed by atoms with van der Waals surface area (Å²) in [5.74, 6) is 0. The molecule has 2 heteroatoms. The second kappa shape index (κ2) is 6.23. The highest BCUT2D eigenvalue weighted by Gasteiger charge is 2.32. The summed E-state index contributed by atoms with van der Waals surface area (Å²) in [6.07, 6.45) is 5.39. The van der Waals surface area contributed by atoms with Gasteiger partial charge in [0.1, 0.15) is 6.10 Å². The van der Waals surface area contributed by atoms with Crippen molar-refractivity contribution in [2.24, 2.45) is 0 Å². The van der Waals surface area contributed by atoms with E-state index in [0.29, 0.717) is 12.1 Å². The minimum Gasteiger partial charge on any atom is -0.364 e. The van der Waals surface area contributed by atoms with Crippen molar-refractivity contribution in [2.75, 3.05) is 0 Å². The first-order chi connectivity index (χ1) is 10.9. The lowest BCUT2D eigenvalue weighted by molar-refractivity contribution is -0.0354. The summed E-state index contributed by atoms with van der Waals surface area (Å²) >= 11 is 0. The Bertz CT molecular complexity index is 625. The van der Waals surface area contributed by atoms with Crippen molar-refractivity contribution in [2.45, 2.75) is 50.5 Å². The second-order valence-corrected chi connectivity index (χ2v) is 6.44. The van der Waals surface area contributed by atoms with Crippen LogP contribution in [0.3, 0.4) is 0 Å². The molecule has 22 heavy (non-hydrogen) atoms. The smallest absolute Gasteiger partial charge is 0.108 e. The Balaban J connectivity index is 1.75. The van der Waals surface area contributed by atoms with Crippen molar-refractivity contribution in [3.8, 4) is 0 Å². The summed E-state index contributed by atoms with van der Waals surface area (Å²) in [7, 11) is 0. The largest absolute Gasteiger partial charge is 0.364 e. The SMILES string of the molecule is c1ccc([C@@H]2O[C@@H]3CCCC[C@H]3NCc3ccccc32)cc1. The predicted octanol–water partition coefficient (Wildman–Crippen LogP) is 4.21. The molecular weight excluding hydrogens is 270 g/mol. The molecule has 1 aliphatic carbocycles. The number of benzene rings is 2. The molecule has 2 aromatic carbocycles. The zero-order chi connectivity index (χ0) is 14.8. The molecule has 1 N–H and O–H groups in total. The van der Waals surface area contributed by atoms with Crippen molar-refractivity contribution in [1.82, 2.24) is 5.32 Å². The lowest BCUT2D eigenvalue weighted by atomic mass is 9.89. The van der Waals surface area contributed by atoms with Gasteiger partial charge in [-0.05, 0) is 29.5 Å². The van der Waals surface area contributed by atoms with Gasteiger partial charge in [-0.1, -0.05) is 67.4 Å². The average Bonchev–Trinajstić information content (AvgIpc) is 2.58. The zero-order valence-electron chi connectivity index (χ0n) is 12.9. The molecule has 1 saturated carbocycles. The van der Waals surface area contributed by atoms with Crippen LogP contribution in [-0.2, 0) is 11.3 Å². The second-order valence-electron chi connectivity index (χ2n) is 6.44. The third-order valence-electron chi connectivity index (χ3n) is 5.01. The van der Waals surface area contributed by atoms with Crippen LogP contribution in [0.15, 0.2) is 54.6 Å². The van der Waals surface area contributed by atoms with Gasteiger partial charge in [-0.2, -0.15) is 0 Å². The molecule has 0 aromatic heterocycles. The molecule has 2 aromatic rings. The molecule has 1 aliphatic heterocycles. The van der Waals surface area contributed by atoms with Crippen LogP contribution in [-0.4, -0.2) is 12.1 Å². The lowest BCUT2D eigenvalue weighted by Gasteiger charge is -2.38. The minimum atomic E-state index is 0.0603. The first kappa shape index (κ1) is 14.0. The van der Waals surface area contributed by atoms with Gasteiger partial charge >= 0.3 is 0 Å². The lowest BCUT2D eigenvalue weighted by Crippen LogP contribution is -2.45. The number of fused-ring (bicyclic) bond motifs is 2. The highest BCUT2D eigenvalue weighted by Crippen LogP contribution is 2.35. The van der Waals surface area contributed by atoms with Gasteiger partial charge in [-0.15, -0.1) is 0 Å². The first-order valence-corrected chi connectivity index (χ1v) is 8.43. The van der Waals surface area contributed by atoms with E-state index in [0.717, 1.165) is 6.54 Å². The summed E-state index contributed by atoms with van der Waals surface area (Å²) in [6, 6.07) is 19.9. The van der Waals surface area contributed by atoms with Crippen LogP contribution >= 0.6 is 0 Å². The number of nitrogens with one attached hydrogen (secondary N) is 1. The third-order valence-corrected chi connectivity index (χ3v) is 5.01. The van der Waals surface area contributed by atoms with E-state index in [9.17, 15) is 0 Å². The fraction of sp³-hybridized carbons (Fsp3) is 0.400. The number of hydrogen-bond acceptors (Lipinski definition) is 2. The summed E-state index contributed by atoms with van der Waals surface area (Å²) < 4.78 is 6.65. The molecule has 3 atom stereocenters. The van der Waals surface area contributed by atoms with E-state index in [2.05, 4.69) is 59.9 Å². The molecular formula is C20H23NO. The maximum Gasteiger partial charge on any atom is 0.108 e. The molecule has 2 aliphatic rings. The van der Waals surface area contributed by atoms with Crippen LogP contribution in [0.25, 0.3) is 0 Å². The standard InChI is InChI=1S/C20H23NO/c1-2-8-15(9-3-1)20-17-11-5-4-10-16(17)14-21-18-12-6-7-13-19(18)22-20/h1-5,8-11,18-21H,6-7,12-14H2/t18-,19-,20+/m1/s1. The van der Waals surface area contributed by atoms with Crippen molar-refractivity contribution >= 4 is 0 Å². The van der Waals surface area contributed by atoms with Gasteiger partial charge in [0.15, 0.2) is 0 Å². The monoisotopic (exact) mass is 293 g/mol. The molecule has 1 fully saturated rings. The number of rotatable bonds is 1. The van der Waals surface area contributed by atoms with Crippen LogP contribution in [0.1, 0.15) is 48.5 Å². The molecule has 0 bridgehead atoms. The zero-order valence-corrected chi connectivity index (χ0v) is 12.9. The molecule has 2 nitrogen and oxygen atoms in total. The number of hydrogen-bond donors (Lipinski definition) is 1. The summed E-state index contributed by atoms with van der Waals surface area (Å²) in [5.41, 5.74) is 3.94. The van der Waals surface area contributed by atoms with Gasteiger partial charge < -0.3 is 10.1 Å². The van der Waals surface area contributed by atoms with Gasteiger partial charge in [0.05, 0.1) is 6.10 Å². The van der Waals surface area contributed by atoms with Crippen LogP contribution in [0.2, 0.25) is 0 Å². The Hall–Kier alpha value is -1.64. The quantitative estimate of drug-likeness (QED) is 0.850. The van der Waals surface area contributed by atoms with E-state index in [1.54, 1.807) is 0 Å². The molecule has 0 saturated heterocycles. The minimum absolute atomic E-state index is 0.0603. The van der Waals surface area contributed by atoms with E-state index in [-0.39, 0.29) is 6.10 Å². The topological polar surface area (TPSA) is 21.3 Å². The van der Waals surface area contributed by atoms with Crippen LogP contribution in [0, 0.1) is 0 Å². The van der Waals surface area contributed by atoms with Crippen molar-refractivity contribution < 1.29 is 4.74 Å². The molecule has 1 heterocycles. The fourth-order valence-corrected chi connectivity index (χ4v) is 3.82. The Morgan fingerprint density at radius 2 is 1.64 bits per heavy atom. The van der Waals surface area contributed by atoms with Crippen molar-refractivity contribution in [1.29, 1.82) is 0 Å². The van der Waals surface area contributed by atoms with Gasteiger partial charge in [0.2, 0.25) is 0 Å². The van der Waals surface area contributed by atoms with Crippen molar-refractivity contribution in [3.05, 3.63) is 71.3 Å². The normalized spacial score (nSPS) is 28.1. The molecule has 0 unspecified atom stereocenters. The van der Waals surface area contributed by atoms with E-state index in [4.69, 9.17) is 4.74 Å². The van der Waals surface area contributed by atoms with Gasteiger partial charge in [0.25, 0.3) is 0 Å². The third kappa shape index (κ3) is 2.69. The van der Waals surface area contributed by atoms with E-state index in [1.165, 1.54) is 42.4 Å². The highest BCUT2D eigenvalue weighted by molar-refractivity contribution is 5.36. The predicted molar refractivity (Wildman–Crippen MR) is 88.7 cm³/mol. The van der Waals surface area contributed by atoms with E-state index in [1.807, 2.05) is 0 Å². The van der Waals surface area contributed by atoms with Gasteiger partial charge in [-0.25, -0.2) is 0 Å².